The van der Waals surface area contributed by atoms with E-state index in [0.717, 1.165) is 22.4 Å². The molecule has 0 saturated heterocycles. The molecule has 0 radical (unpaired) electrons. The summed E-state index contributed by atoms with van der Waals surface area (Å²) in [5, 5.41) is 8.12. The van der Waals surface area contributed by atoms with Crippen molar-refractivity contribution in [1.82, 2.24) is 5.32 Å². The molecule has 4 nitrogen and oxygen atoms in total. The fourth-order valence-corrected chi connectivity index (χ4v) is 4.19. The maximum absolute atomic E-state index is 12.2. The monoisotopic (exact) mass is 430 g/mol. The molecule has 0 spiro atoms. The standard InChI is InChI=1S/C21H19ClN2O2S2/c1-26-20(25)17-13-18(15-7-3-2-4-8-15)28-19(17)24-21(27)23-11-10-14-6-5-9-16(22)12-14/h2-9,12-13H,10-11H2,1H3,(H2,23,24,27). The van der Waals surface area contributed by atoms with Gasteiger partial charge in [0.25, 0.3) is 0 Å². The van der Waals surface area contributed by atoms with E-state index in [2.05, 4.69) is 10.6 Å². The van der Waals surface area contributed by atoms with Gasteiger partial charge in [-0.25, -0.2) is 4.79 Å². The third kappa shape index (κ3) is 5.32. The summed E-state index contributed by atoms with van der Waals surface area (Å²) in [5.74, 6) is -0.400. The lowest BCUT2D eigenvalue weighted by Crippen LogP contribution is -2.30. The van der Waals surface area contributed by atoms with Gasteiger partial charge in [0, 0.05) is 16.4 Å². The number of rotatable bonds is 6. The van der Waals surface area contributed by atoms with Gasteiger partial charge in [0.05, 0.1) is 12.7 Å². The van der Waals surface area contributed by atoms with E-state index >= 15 is 0 Å². The Balaban J connectivity index is 1.67. The second kappa shape index (κ2) is 9.68. The van der Waals surface area contributed by atoms with E-state index in [1.165, 1.54) is 18.4 Å². The molecule has 0 aliphatic rings. The lowest BCUT2D eigenvalue weighted by atomic mass is 10.1. The molecular formula is C21H19ClN2O2S2. The van der Waals surface area contributed by atoms with Gasteiger partial charge in [-0.3, -0.25) is 0 Å². The highest BCUT2D eigenvalue weighted by molar-refractivity contribution is 7.80. The summed E-state index contributed by atoms with van der Waals surface area (Å²) in [4.78, 5) is 13.1. The van der Waals surface area contributed by atoms with Gasteiger partial charge in [0.2, 0.25) is 0 Å². The van der Waals surface area contributed by atoms with E-state index < -0.39 is 5.97 Å². The predicted molar refractivity (Wildman–Crippen MR) is 120 cm³/mol. The van der Waals surface area contributed by atoms with E-state index in [9.17, 15) is 4.79 Å². The number of esters is 1. The molecule has 0 aliphatic carbocycles. The Bertz CT molecular complexity index is 974. The van der Waals surface area contributed by atoms with Crippen LogP contribution in [-0.4, -0.2) is 24.7 Å². The number of hydrogen-bond donors (Lipinski definition) is 2. The van der Waals surface area contributed by atoms with E-state index in [1.807, 2.05) is 60.7 Å². The van der Waals surface area contributed by atoms with E-state index in [4.69, 9.17) is 28.6 Å². The van der Waals surface area contributed by atoms with E-state index in [0.29, 0.717) is 27.2 Å². The number of benzene rings is 2. The zero-order valence-electron chi connectivity index (χ0n) is 15.2. The van der Waals surface area contributed by atoms with Gasteiger partial charge in [0.15, 0.2) is 5.11 Å². The van der Waals surface area contributed by atoms with Crippen molar-refractivity contribution in [3.8, 4) is 10.4 Å². The van der Waals surface area contributed by atoms with Gasteiger partial charge < -0.3 is 15.4 Å². The van der Waals surface area contributed by atoms with Crippen molar-refractivity contribution in [1.29, 1.82) is 0 Å². The molecule has 0 amide bonds. The van der Waals surface area contributed by atoms with Crippen molar-refractivity contribution in [2.24, 2.45) is 0 Å². The van der Waals surface area contributed by atoms with Crippen molar-refractivity contribution in [2.45, 2.75) is 6.42 Å². The second-order valence-corrected chi connectivity index (χ2v) is 7.87. The summed E-state index contributed by atoms with van der Waals surface area (Å²) in [6.45, 7) is 0.649. The summed E-state index contributed by atoms with van der Waals surface area (Å²) in [6.07, 6.45) is 0.784. The highest BCUT2D eigenvalue weighted by Gasteiger charge is 2.18. The average Bonchev–Trinajstić information content (AvgIpc) is 3.12. The Labute approximate surface area is 178 Å². The first-order chi connectivity index (χ1) is 13.6. The normalized spacial score (nSPS) is 10.4. The minimum absolute atomic E-state index is 0.400. The Morgan fingerprint density at radius 3 is 2.64 bits per heavy atom. The largest absolute Gasteiger partial charge is 0.465 e. The maximum atomic E-state index is 12.2. The van der Waals surface area contributed by atoms with Gasteiger partial charge in [-0.15, -0.1) is 11.3 Å². The summed E-state index contributed by atoms with van der Waals surface area (Å²) in [6, 6.07) is 19.4. The molecule has 3 aromatic rings. The first-order valence-electron chi connectivity index (χ1n) is 8.63. The molecule has 0 atom stereocenters. The van der Waals surface area contributed by atoms with E-state index in [-0.39, 0.29) is 0 Å². The molecule has 0 bridgehead atoms. The highest BCUT2D eigenvalue weighted by Crippen LogP contribution is 2.35. The molecule has 3 rings (SSSR count). The summed E-state index contributed by atoms with van der Waals surface area (Å²) in [7, 11) is 1.37. The van der Waals surface area contributed by atoms with Crippen LogP contribution in [0.5, 0.6) is 0 Å². The molecule has 2 aromatic carbocycles. The average molecular weight is 431 g/mol. The number of thiocarbonyl (C=S) groups is 1. The van der Waals surface area contributed by atoms with Gasteiger partial charge in [-0.1, -0.05) is 54.1 Å². The third-order valence-corrected chi connectivity index (χ3v) is 5.59. The van der Waals surface area contributed by atoms with Crippen molar-refractivity contribution in [3.63, 3.8) is 0 Å². The van der Waals surface area contributed by atoms with Crippen molar-refractivity contribution in [2.75, 3.05) is 19.0 Å². The molecule has 0 fully saturated rings. The van der Waals surface area contributed by atoms with Gasteiger partial charge in [-0.05, 0) is 48.0 Å². The van der Waals surface area contributed by atoms with Crippen LogP contribution < -0.4 is 10.6 Å². The van der Waals surface area contributed by atoms with Crippen molar-refractivity contribution in [3.05, 3.63) is 76.8 Å². The van der Waals surface area contributed by atoms with Crippen LogP contribution in [0.15, 0.2) is 60.7 Å². The summed E-state index contributed by atoms with van der Waals surface area (Å²) >= 11 is 12.9. The van der Waals surface area contributed by atoms with Crippen LogP contribution in [0.1, 0.15) is 15.9 Å². The number of halogens is 1. The fourth-order valence-electron chi connectivity index (χ4n) is 2.65. The Hall–Kier alpha value is -2.41. The Morgan fingerprint density at radius 2 is 1.93 bits per heavy atom. The lowest BCUT2D eigenvalue weighted by Gasteiger charge is -2.10. The SMILES string of the molecule is COC(=O)c1cc(-c2ccccc2)sc1NC(=S)NCCc1cccc(Cl)c1. The molecule has 1 heterocycles. The molecule has 0 unspecified atom stereocenters. The second-order valence-electron chi connectivity index (χ2n) is 5.97. The lowest BCUT2D eigenvalue weighted by molar-refractivity contribution is 0.0602. The van der Waals surface area contributed by atoms with Crippen LogP contribution in [0, 0.1) is 0 Å². The van der Waals surface area contributed by atoms with E-state index in [1.54, 1.807) is 0 Å². The van der Waals surface area contributed by atoms with Gasteiger partial charge >= 0.3 is 5.97 Å². The van der Waals surface area contributed by atoms with Crippen molar-refractivity contribution >= 4 is 51.2 Å². The third-order valence-electron chi connectivity index (χ3n) is 4.01. The number of anilines is 1. The zero-order valence-corrected chi connectivity index (χ0v) is 17.6. The van der Waals surface area contributed by atoms with Crippen LogP contribution in [0.3, 0.4) is 0 Å². The Morgan fingerprint density at radius 1 is 1.14 bits per heavy atom. The number of ether oxygens (including phenoxy) is 1. The molecule has 0 saturated carbocycles. The van der Waals surface area contributed by atoms with Crippen LogP contribution in [0.2, 0.25) is 5.02 Å². The maximum Gasteiger partial charge on any atom is 0.340 e. The molecule has 2 N–H and O–H groups in total. The number of carbonyl (C=O) groups is 1. The predicted octanol–water partition coefficient (Wildman–Crippen LogP) is 5.38. The molecule has 1 aromatic heterocycles. The topological polar surface area (TPSA) is 50.4 Å². The minimum Gasteiger partial charge on any atom is -0.465 e. The molecular weight excluding hydrogens is 412 g/mol. The fraction of sp³-hybridized carbons (Fsp3) is 0.143. The number of nitrogens with one attached hydrogen (secondary N) is 2. The molecule has 0 aliphatic heterocycles. The zero-order chi connectivity index (χ0) is 19.9. The molecule has 7 heteroatoms. The number of carbonyl (C=O) groups excluding carboxylic acids is 1. The van der Waals surface area contributed by atoms with Gasteiger partial charge in [0.1, 0.15) is 5.00 Å². The van der Waals surface area contributed by atoms with Crippen molar-refractivity contribution < 1.29 is 9.53 Å². The Kier molecular flexibility index (Phi) is 7.03. The van der Waals surface area contributed by atoms with Crippen LogP contribution in [0.4, 0.5) is 5.00 Å². The quantitative estimate of drug-likeness (QED) is 0.406. The smallest absolute Gasteiger partial charge is 0.340 e. The first kappa shape index (κ1) is 20.3. The van der Waals surface area contributed by atoms with Crippen LogP contribution >= 0.6 is 35.2 Å². The first-order valence-corrected chi connectivity index (χ1v) is 10.2. The highest BCUT2D eigenvalue weighted by atomic mass is 35.5. The molecule has 28 heavy (non-hydrogen) atoms. The molecule has 144 valence electrons. The van der Waals surface area contributed by atoms with Gasteiger partial charge in [-0.2, -0.15) is 0 Å². The summed E-state index contributed by atoms with van der Waals surface area (Å²) < 4.78 is 4.91. The number of methoxy groups -OCH3 is 1. The van der Waals surface area contributed by atoms with Crippen LogP contribution in [-0.2, 0) is 11.2 Å². The number of thiophene rings is 1. The number of hydrogen-bond acceptors (Lipinski definition) is 4. The van der Waals surface area contributed by atoms with Crippen LogP contribution in [0.25, 0.3) is 10.4 Å². The summed E-state index contributed by atoms with van der Waals surface area (Å²) in [5.41, 5.74) is 2.62. The minimum atomic E-state index is -0.400.